The minimum atomic E-state index is -0.492. The van der Waals surface area contributed by atoms with Crippen molar-refractivity contribution in [1.29, 1.82) is 5.26 Å². The largest absolute Gasteiger partial charge is 0.493 e. The monoisotopic (exact) mass is 484 g/mol. The number of methoxy groups -OCH3 is 1. The van der Waals surface area contributed by atoms with Crippen molar-refractivity contribution in [2.45, 2.75) is 26.7 Å². The molecule has 3 aromatic rings. The van der Waals surface area contributed by atoms with Crippen LogP contribution in [0.25, 0.3) is 0 Å². The topological polar surface area (TPSA) is 104 Å². The first kappa shape index (κ1) is 24.7. The van der Waals surface area contributed by atoms with Gasteiger partial charge < -0.3 is 24.7 Å². The van der Waals surface area contributed by atoms with E-state index < -0.39 is 11.9 Å². The first-order valence-electron chi connectivity index (χ1n) is 11.6. The summed E-state index contributed by atoms with van der Waals surface area (Å²) in [4.78, 5) is 12.6. The molecule has 0 amide bonds. The van der Waals surface area contributed by atoms with E-state index in [1.54, 1.807) is 43.5 Å². The molecule has 1 aliphatic rings. The average Bonchev–Trinajstić information content (AvgIpc) is 2.86. The average molecular weight is 485 g/mol. The van der Waals surface area contributed by atoms with Gasteiger partial charge in [-0.15, -0.1) is 0 Å². The maximum atomic E-state index is 12.6. The third-order valence-corrected chi connectivity index (χ3v) is 5.75. The number of hydrogen-bond acceptors (Lipinski definition) is 7. The summed E-state index contributed by atoms with van der Waals surface area (Å²) >= 11 is 0. The Labute approximate surface area is 210 Å². The minimum Gasteiger partial charge on any atom is -0.493 e. The molecule has 0 radical (unpaired) electrons. The van der Waals surface area contributed by atoms with Gasteiger partial charge >= 0.3 is 5.97 Å². The first-order valence-corrected chi connectivity index (χ1v) is 11.6. The van der Waals surface area contributed by atoms with Crippen LogP contribution in [0.15, 0.2) is 72.1 Å². The molecule has 0 saturated carbocycles. The number of ether oxygens (including phenoxy) is 4. The Morgan fingerprint density at radius 3 is 2.61 bits per heavy atom. The van der Waals surface area contributed by atoms with Crippen molar-refractivity contribution in [2.75, 3.05) is 13.7 Å². The molecule has 1 atom stereocenters. The van der Waals surface area contributed by atoms with Gasteiger partial charge in [0.1, 0.15) is 23.1 Å². The van der Waals surface area contributed by atoms with Gasteiger partial charge in [0.15, 0.2) is 11.5 Å². The molecule has 3 aromatic carbocycles. The molecule has 0 fully saturated rings. The molecule has 0 spiro atoms. The van der Waals surface area contributed by atoms with Gasteiger partial charge in [0.2, 0.25) is 5.88 Å². The summed E-state index contributed by atoms with van der Waals surface area (Å²) in [5, 5.41) is 9.87. The number of aryl methyl sites for hydroxylation is 1. The highest BCUT2D eigenvalue weighted by molar-refractivity contribution is 5.91. The molecule has 1 unspecified atom stereocenters. The number of rotatable bonds is 7. The Morgan fingerprint density at radius 2 is 1.92 bits per heavy atom. The first-order chi connectivity index (χ1) is 17.3. The number of fused-ring (bicyclic) bond motifs is 1. The second-order valence-corrected chi connectivity index (χ2v) is 9.00. The number of hydrogen-bond donors (Lipinski definition) is 1. The minimum absolute atomic E-state index is 0.00346. The van der Waals surface area contributed by atoms with E-state index in [2.05, 4.69) is 19.9 Å². The molecule has 1 heterocycles. The SMILES string of the molecule is COc1cc(C2C(C#N)=C(N)Oc3cc(OC(=O)c4cccc(C)c4)ccc32)ccc1OCC(C)C. The van der Waals surface area contributed by atoms with Crippen molar-refractivity contribution in [3.8, 4) is 29.1 Å². The second-order valence-electron chi connectivity index (χ2n) is 9.00. The summed E-state index contributed by atoms with van der Waals surface area (Å²) < 4.78 is 22.8. The van der Waals surface area contributed by atoms with Crippen molar-refractivity contribution in [2.24, 2.45) is 11.7 Å². The summed E-state index contributed by atoms with van der Waals surface area (Å²) in [7, 11) is 1.57. The van der Waals surface area contributed by atoms with Gasteiger partial charge in [0, 0.05) is 11.6 Å². The van der Waals surface area contributed by atoms with Crippen LogP contribution < -0.4 is 24.7 Å². The molecule has 0 aromatic heterocycles. The van der Waals surface area contributed by atoms with E-state index in [4.69, 9.17) is 24.7 Å². The molecule has 0 saturated heterocycles. The molecular formula is C29H28N2O5. The molecule has 0 bridgehead atoms. The number of carbonyl (C=O) groups is 1. The number of nitriles is 1. The summed E-state index contributed by atoms with van der Waals surface area (Å²) in [6.45, 7) is 6.59. The third kappa shape index (κ3) is 5.13. The van der Waals surface area contributed by atoms with E-state index >= 15 is 0 Å². The summed E-state index contributed by atoms with van der Waals surface area (Å²) in [5.74, 6) is 1.28. The Balaban J connectivity index is 1.68. The fraction of sp³-hybridized carbons (Fsp3) is 0.241. The van der Waals surface area contributed by atoms with Gasteiger partial charge in [-0.2, -0.15) is 5.26 Å². The van der Waals surface area contributed by atoms with Crippen LogP contribution in [-0.2, 0) is 0 Å². The number of nitrogens with two attached hydrogens (primary N) is 1. The lowest BCUT2D eigenvalue weighted by Gasteiger charge is -2.27. The van der Waals surface area contributed by atoms with Crippen LogP contribution in [0.1, 0.15) is 46.8 Å². The fourth-order valence-corrected chi connectivity index (χ4v) is 4.02. The van der Waals surface area contributed by atoms with Crippen molar-refractivity contribution in [3.63, 3.8) is 0 Å². The van der Waals surface area contributed by atoms with Crippen LogP contribution in [0.2, 0.25) is 0 Å². The zero-order valence-corrected chi connectivity index (χ0v) is 20.7. The van der Waals surface area contributed by atoms with Crippen molar-refractivity contribution < 1.29 is 23.7 Å². The Hall–Kier alpha value is -4.44. The van der Waals surface area contributed by atoms with Crippen LogP contribution in [0.3, 0.4) is 0 Å². The highest BCUT2D eigenvalue weighted by Crippen LogP contribution is 2.45. The van der Waals surface area contributed by atoms with E-state index in [9.17, 15) is 10.1 Å². The van der Waals surface area contributed by atoms with Crippen LogP contribution in [0.4, 0.5) is 0 Å². The molecule has 2 N–H and O–H groups in total. The Bertz CT molecular complexity index is 1370. The van der Waals surface area contributed by atoms with Crippen LogP contribution in [0, 0.1) is 24.2 Å². The molecule has 184 valence electrons. The van der Waals surface area contributed by atoms with Crippen LogP contribution in [-0.4, -0.2) is 19.7 Å². The van der Waals surface area contributed by atoms with E-state index in [0.29, 0.717) is 46.6 Å². The van der Waals surface area contributed by atoms with E-state index in [-0.39, 0.29) is 11.5 Å². The highest BCUT2D eigenvalue weighted by atomic mass is 16.5. The maximum absolute atomic E-state index is 12.6. The van der Waals surface area contributed by atoms with Gasteiger partial charge in [-0.25, -0.2) is 4.79 Å². The number of benzene rings is 3. The molecule has 7 heteroatoms. The van der Waals surface area contributed by atoms with Gasteiger partial charge in [-0.1, -0.05) is 43.7 Å². The smallest absolute Gasteiger partial charge is 0.343 e. The van der Waals surface area contributed by atoms with Gasteiger partial charge in [0.05, 0.1) is 25.2 Å². The zero-order valence-electron chi connectivity index (χ0n) is 20.7. The number of esters is 1. The van der Waals surface area contributed by atoms with Crippen molar-refractivity contribution in [1.82, 2.24) is 0 Å². The predicted octanol–water partition coefficient (Wildman–Crippen LogP) is 5.48. The molecule has 1 aliphatic heterocycles. The highest BCUT2D eigenvalue weighted by Gasteiger charge is 2.32. The lowest BCUT2D eigenvalue weighted by Crippen LogP contribution is -2.21. The van der Waals surface area contributed by atoms with Gasteiger partial charge in [0.25, 0.3) is 0 Å². The van der Waals surface area contributed by atoms with Gasteiger partial charge in [-0.3, -0.25) is 0 Å². The standard InChI is InChI=1S/C29H28N2O5/c1-17(2)16-34-24-11-8-19(13-26(24)33-4)27-22-10-9-21(14-25(22)36-28(31)23(27)15-30)35-29(32)20-7-5-6-18(3)12-20/h5-14,17,27H,16,31H2,1-4H3. The van der Waals surface area contributed by atoms with Crippen molar-refractivity contribution >= 4 is 5.97 Å². The van der Waals surface area contributed by atoms with Gasteiger partial charge in [-0.05, 0) is 48.7 Å². The quantitative estimate of drug-likeness (QED) is 0.350. The normalized spacial score (nSPS) is 14.5. The summed E-state index contributed by atoms with van der Waals surface area (Å²) in [6, 6.07) is 20.0. The molecular weight excluding hydrogens is 456 g/mol. The van der Waals surface area contributed by atoms with Crippen LogP contribution in [0.5, 0.6) is 23.0 Å². The second kappa shape index (κ2) is 10.4. The predicted molar refractivity (Wildman–Crippen MR) is 135 cm³/mol. The maximum Gasteiger partial charge on any atom is 0.343 e. The molecule has 0 aliphatic carbocycles. The molecule has 7 nitrogen and oxygen atoms in total. The number of nitrogens with zero attached hydrogens (tertiary/aromatic N) is 1. The third-order valence-electron chi connectivity index (χ3n) is 5.75. The lowest BCUT2D eigenvalue weighted by atomic mass is 9.83. The van der Waals surface area contributed by atoms with E-state index in [0.717, 1.165) is 11.1 Å². The zero-order chi connectivity index (χ0) is 25.8. The summed E-state index contributed by atoms with van der Waals surface area (Å²) in [5.41, 5.74) is 9.34. The lowest BCUT2D eigenvalue weighted by molar-refractivity contribution is 0.0734. The van der Waals surface area contributed by atoms with Crippen molar-refractivity contribution in [3.05, 3.63) is 94.4 Å². The van der Waals surface area contributed by atoms with Crippen LogP contribution >= 0.6 is 0 Å². The van der Waals surface area contributed by atoms with E-state index in [1.807, 2.05) is 31.2 Å². The molecule has 4 rings (SSSR count). The molecule has 36 heavy (non-hydrogen) atoms. The Morgan fingerprint density at radius 1 is 1.11 bits per heavy atom. The van der Waals surface area contributed by atoms with E-state index in [1.165, 1.54) is 0 Å². The number of carbonyl (C=O) groups excluding carboxylic acids is 1. The number of allylic oxidation sites excluding steroid dienone is 1. The summed E-state index contributed by atoms with van der Waals surface area (Å²) in [6.07, 6.45) is 0. The Kier molecular flexibility index (Phi) is 7.16. The fourth-order valence-electron chi connectivity index (χ4n) is 4.02.